The van der Waals surface area contributed by atoms with E-state index in [1.807, 2.05) is 6.07 Å². The molecule has 34 heavy (non-hydrogen) atoms. The molecule has 1 aromatic heterocycles. The third-order valence-electron chi connectivity index (χ3n) is 6.69. The van der Waals surface area contributed by atoms with Crippen molar-refractivity contribution >= 4 is 17.3 Å². The zero-order chi connectivity index (χ0) is 23.2. The summed E-state index contributed by atoms with van der Waals surface area (Å²) in [5, 5.41) is 4.77. The molecule has 1 aliphatic carbocycles. The van der Waals surface area contributed by atoms with Crippen LogP contribution < -0.4 is 15.1 Å². The Hall–Kier alpha value is -2.75. The Morgan fingerprint density at radius 3 is 2.65 bits per heavy atom. The summed E-state index contributed by atoms with van der Waals surface area (Å²) in [5.41, 5.74) is 6.85. The number of benzene rings is 1. The highest BCUT2D eigenvalue weighted by Crippen LogP contribution is 2.31. The highest BCUT2D eigenvalue weighted by Gasteiger charge is 2.21. The first kappa shape index (κ1) is 23.0. The number of anilines is 2. The standard InChI is InChI=1S/C25H34N6O3/c1-19-6-7-22(21-5-3-2-4-20(19)21)28-29-23-18-24(31-11-15-33-16-12-31)27-25(26-23)34-17-10-30-8-13-32-14-9-30/h2-5,18-19H,6-17H2,1H3,(H,26,27,29). The minimum Gasteiger partial charge on any atom is -0.462 e. The number of nitrogens with one attached hydrogen (secondary N) is 1. The van der Waals surface area contributed by atoms with Crippen LogP contribution in [0, 0.1) is 0 Å². The monoisotopic (exact) mass is 466 g/mol. The van der Waals surface area contributed by atoms with E-state index in [1.165, 1.54) is 11.1 Å². The maximum atomic E-state index is 5.99. The fraction of sp³-hybridized carbons (Fsp3) is 0.560. The number of rotatable bonds is 7. The molecule has 1 atom stereocenters. The fourth-order valence-electron chi connectivity index (χ4n) is 4.65. The SMILES string of the molecule is CC1CCC(=NNc2cc(N3CCOCC3)nc(OCCN3CCOCC3)n2)c2ccccc21. The molecule has 0 spiro atoms. The Morgan fingerprint density at radius 1 is 1.06 bits per heavy atom. The number of aromatic nitrogens is 2. The molecular weight excluding hydrogens is 432 g/mol. The van der Waals surface area contributed by atoms with Gasteiger partial charge in [0.1, 0.15) is 12.4 Å². The van der Waals surface area contributed by atoms with E-state index in [-0.39, 0.29) is 0 Å². The fourth-order valence-corrected chi connectivity index (χ4v) is 4.65. The minimum atomic E-state index is 0.373. The molecule has 9 heteroatoms. The zero-order valence-electron chi connectivity index (χ0n) is 19.9. The van der Waals surface area contributed by atoms with E-state index in [9.17, 15) is 0 Å². The Balaban J connectivity index is 1.32. The van der Waals surface area contributed by atoms with Gasteiger partial charge in [-0.2, -0.15) is 15.1 Å². The Labute approximate surface area is 201 Å². The van der Waals surface area contributed by atoms with Crippen molar-refractivity contribution in [1.29, 1.82) is 0 Å². The van der Waals surface area contributed by atoms with Gasteiger partial charge in [-0.3, -0.25) is 10.3 Å². The first-order chi connectivity index (χ1) is 16.8. The second kappa shape index (κ2) is 11.1. The molecule has 2 fully saturated rings. The number of nitrogens with zero attached hydrogens (tertiary/aromatic N) is 5. The van der Waals surface area contributed by atoms with Crippen LogP contribution in [0.2, 0.25) is 0 Å². The van der Waals surface area contributed by atoms with Crippen LogP contribution in [-0.2, 0) is 9.47 Å². The van der Waals surface area contributed by atoms with Gasteiger partial charge in [-0.15, -0.1) is 0 Å². The molecule has 1 aromatic carbocycles. The van der Waals surface area contributed by atoms with Crippen LogP contribution in [0.5, 0.6) is 6.01 Å². The van der Waals surface area contributed by atoms with Crippen molar-refractivity contribution in [2.24, 2.45) is 5.10 Å². The van der Waals surface area contributed by atoms with Gasteiger partial charge in [0.05, 0.1) is 32.1 Å². The summed E-state index contributed by atoms with van der Waals surface area (Å²) in [5.74, 6) is 2.02. The van der Waals surface area contributed by atoms with E-state index >= 15 is 0 Å². The largest absolute Gasteiger partial charge is 0.462 e. The number of morpholine rings is 2. The van der Waals surface area contributed by atoms with Crippen molar-refractivity contribution in [3.8, 4) is 6.01 Å². The normalized spacial score (nSPS) is 22.4. The number of hydrazone groups is 1. The third-order valence-corrected chi connectivity index (χ3v) is 6.69. The minimum absolute atomic E-state index is 0.373. The molecule has 3 aliphatic rings. The van der Waals surface area contributed by atoms with Gasteiger partial charge in [0.15, 0.2) is 5.82 Å². The molecule has 0 bridgehead atoms. The molecule has 0 amide bonds. The lowest BCUT2D eigenvalue weighted by Crippen LogP contribution is -2.39. The molecule has 2 aliphatic heterocycles. The van der Waals surface area contributed by atoms with Gasteiger partial charge in [0.2, 0.25) is 0 Å². The molecule has 2 saturated heterocycles. The summed E-state index contributed by atoms with van der Waals surface area (Å²) >= 11 is 0. The summed E-state index contributed by atoms with van der Waals surface area (Å²) in [4.78, 5) is 13.8. The Bertz CT molecular complexity index is 988. The number of fused-ring (bicyclic) bond motifs is 1. The first-order valence-corrected chi connectivity index (χ1v) is 12.3. The van der Waals surface area contributed by atoms with Gasteiger partial charge < -0.3 is 19.1 Å². The van der Waals surface area contributed by atoms with Crippen LogP contribution in [-0.4, -0.2) is 86.3 Å². The predicted molar refractivity (Wildman–Crippen MR) is 132 cm³/mol. The van der Waals surface area contributed by atoms with Gasteiger partial charge in [-0.05, 0) is 24.3 Å². The van der Waals surface area contributed by atoms with Crippen LogP contribution in [0.4, 0.5) is 11.6 Å². The first-order valence-electron chi connectivity index (χ1n) is 12.3. The Morgan fingerprint density at radius 2 is 1.82 bits per heavy atom. The molecule has 3 heterocycles. The second-order valence-electron chi connectivity index (χ2n) is 8.99. The number of ether oxygens (including phenoxy) is 3. The summed E-state index contributed by atoms with van der Waals surface area (Å²) in [7, 11) is 0. The molecule has 9 nitrogen and oxygen atoms in total. The van der Waals surface area contributed by atoms with Crippen LogP contribution in [0.1, 0.15) is 36.8 Å². The van der Waals surface area contributed by atoms with Crippen LogP contribution in [0.15, 0.2) is 35.4 Å². The van der Waals surface area contributed by atoms with Crippen molar-refractivity contribution in [2.75, 3.05) is 76.1 Å². The smallest absolute Gasteiger partial charge is 0.320 e. The third kappa shape index (κ3) is 5.65. The predicted octanol–water partition coefficient (Wildman–Crippen LogP) is 2.74. The summed E-state index contributed by atoms with van der Waals surface area (Å²) in [6.07, 6.45) is 2.03. The van der Waals surface area contributed by atoms with Gasteiger partial charge in [-0.1, -0.05) is 31.2 Å². The molecule has 0 saturated carbocycles. The van der Waals surface area contributed by atoms with E-state index in [1.54, 1.807) is 0 Å². The van der Waals surface area contributed by atoms with Crippen molar-refractivity contribution in [3.05, 3.63) is 41.5 Å². The average Bonchev–Trinajstić information content (AvgIpc) is 2.90. The lowest BCUT2D eigenvalue weighted by Gasteiger charge is -2.28. The lowest BCUT2D eigenvalue weighted by atomic mass is 9.83. The van der Waals surface area contributed by atoms with Crippen LogP contribution in [0.3, 0.4) is 0 Å². The highest BCUT2D eigenvalue weighted by atomic mass is 16.5. The molecule has 2 aromatic rings. The van der Waals surface area contributed by atoms with E-state index < -0.39 is 0 Å². The van der Waals surface area contributed by atoms with Crippen LogP contribution in [0.25, 0.3) is 0 Å². The lowest BCUT2D eigenvalue weighted by molar-refractivity contribution is 0.0317. The van der Waals surface area contributed by atoms with E-state index in [2.05, 4.69) is 56.4 Å². The van der Waals surface area contributed by atoms with E-state index in [0.717, 1.165) is 70.3 Å². The number of hydrogen-bond acceptors (Lipinski definition) is 9. The van der Waals surface area contributed by atoms with Crippen LogP contribution >= 0.6 is 0 Å². The van der Waals surface area contributed by atoms with Crippen molar-refractivity contribution in [1.82, 2.24) is 14.9 Å². The maximum Gasteiger partial charge on any atom is 0.320 e. The molecule has 0 radical (unpaired) electrons. The summed E-state index contributed by atoms with van der Waals surface area (Å²) in [6.45, 7) is 10.0. The number of hydrogen-bond donors (Lipinski definition) is 1. The second-order valence-corrected chi connectivity index (χ2v) is 8.99. The summed E-state index contributed by atoms with van der Waals surface area (Å²) in [6, 6.07) is 10.9. The molecule has 182 valence electrons. The van der Waals surface area contributed by atoms with Gasteiger partial charge in [0.25, 0.3) is 0 Å². The van der Waals surface area contributed by atoms with Gasteiger partial charge in [0, 0.05) is 44.4 Å². The maximum absolute atomic E-state index is 5.99. The quantitative estimate of drug-likeness (QED) is 0.624. The van der Waals surface area contributed by atoms with Crippen molar-refractivity contribution < 1.29 is 14.2 Å². The Kier molecular flexibility index (Phi) is 7.52. The highest BCUT2D eigenvalue weighted by molar-refractivity contribution is 6.03. The van der Waals surface area contributed by atoms with Gasteiger partial charge >= 0.3 is 6.01 Å². The molecule has 1 N–H and O–H groups in total. The van der Waals surface area contributed by atoms with E-state index in [4.69, 9.17) is 19.3 Å². The summed E-state index contributed by atoms with van der Waals surface area (Å²) < 4.78 is 16.9. The molecule has 5 rings (SSSR count). The van der Waals surface area contributed by atoms with Crippen molar-refractivity contribution in [2.45, 2.75) is 25.7 Å². The molecular formula is C25H34N6O3. The topological polar surface area (TPSA) is 84.3 Å². The average molecular weight is 467 g/mol. The molecule has 1 unspecified atom stereocenters. The zero-order valence-corrected chi connectivity index (χ0v) is 19.9. The van der Waals surface area contributed by atoms with E-state index in [0.29, 0.717) is 37.6 Å². The van der Waals surface area contributed by atoms with Crippen molar-refractivity contribution in [3.63, 3.8) is 0 Å². The van der Waals surface area contributed by atoms with Gasteiger partial charge in [-0.25, -0.2) is 0 Å².